The molecule has 0 radical (unpaired) electrons. The zero-order valence-corrected chi connectivity index (χ0v) is 19.1. The van der Waals surface area contributed by atoms with E-state index >= 15 is 0 Å². The number of carbonyl (C=O) groups excluding carboxylic acids is 1. The van der Waals surface area contributed by atoms with Gasteiger partial charge in [-0.3, -0.25) is 9.79 Å². The Hall–Kier alpha value is -2.28. The number of carbonyl (C=O) groups is 1. The van der Waals surface area contributed by atoms with Gasteiger partial charge in [-0.25, -0.2) is 0 Å². The summed E-state index contributed by atoms with van der Waals surface area (Å²) >= 11 is 0. The maximum atomic E-state index is 11.8. The third-order valence-electron chi connectivity index (χ3n) is 6.18. The lowest BCUT2D eigenvalue weighted by atomic mass is 9.74. The van der Waals surface area contributed by atoms with Crippen LogP contribution in [-0.2, 0) is 14.9 Å². The Kier molecular flexibility index (Phi) is 9.00. The molecule has 0 spiro atoms. The molecule has 0 bridgehead atoms. The average Bonchev–Trinajstić information content (AvgIpc) is 3.21. The summed E-state index contributed by atoms with van der Waals surface area (Å²) in [5.41, 5.74) is 1.28. The van der Waals surface area contributed by atoms with Gasteiger partial charge in [-0.1, -0.05) is 12.1 Å². The number of nitrogens with one attached hydrogen (secondary N) is 2. The molecule has 2 heterocycles. The number of hydrogen-bond donors (Lipinski definition) is 2. The molecule has 1 amide bonds. The molecule has 1 aromatic rings. The molecule has 0 aliphatic carbocycles. The summed E-state index contributed by atoms with van der Waals surface area (Å²) in [5, 5.41) is 6.80. The van der Waals surface area contributed by atoms with Gasteiger partial charge < -0.3 is 25.0 Å². The summed E-state index contributed by atoms with van der Waals surface area (Å²) in [5.74, 6) is 2.04. The predicted octanol–water partition coefficient (Wildman–Crippen LogP) is 2.70. The molecular weight excluding hydrogens is 392 g/mol. The number of benzene rings is 1. The third kappa shape index (κ3) is 6.60. The highest BCUT2D eigenvalue weighted by Crippen LogP contribution is 2.36. The van der Waals surface area contributed by atoms with E-state index in [1.165, 1.54) is 5.56 Å². The molecule has 7 heteroatoms. The molecule has 2 fully saturated rings. The van der Waals surface area contributed by atoms with Crippen molar-refractivity contribution in [3.8, 4) is 5.75 Å². The van der Waals surface area contributed by atoms with Gasteiger partial charge in [0.05, 0.1) is 13.2 Å². The largest absolute Gasteiger partial charge is 0.494 e. The molecule has 2 saturated heterocycles. The first-order valence-corrected chi connectivity index (χ1v) is 11.8. The lowest BCUT2D eigenvalue weighted by Crippen LogP contribution is -2.42. The second-order valence-corrected chi connectivity index (χ2v) is 8.31. The van der Waals surface area contributed by atoms with Gasteiger partial charge in [0.25, 0.3) is 0 Å². The van der Waals surface area contributed by atoms with Crippen LogP contribution >= 0.6 is 0 Å². The molecular formula is C24H38N4O3. The summed E-state index contributed by atoms with van der Waals surface area (Å²) in [4.78, 5) is 18.7. The fourth-order valence-corrected chi connectivity index (χ4v) is 4.36. The number of rotatable bonds is 10. The van der Waals surface area contributed by atoms with Crippen LogP contribution < -0.4 is 15.4 Å². The Bertz CT molecular complexity index is 714. The second-order valence-electron chi connectivity index (χ2n) is 8.31. The van der Waals surface area contributed by atoms with E-state index in [2.05, 4.69) is 41.8 Å². The molecule has 3 rings (SSSR count). The topological polar surface area (TPSA) is 75.2 Å². The van der Waals surface area contributed by atoms with Crippen molar-refractivity contribution in [2.24, 2.45) is 4.99 Å². The number of ether oxygens (including phenoxy) is 2. The summed E-state index contributed by atoms with van der Waals surface area (Å²) in [6.45, 7) is 10.3. The lowest BCUT2D eigenvalue weighted by molar-refractivity contribution is -0.127. The molecule has 31 heavy (non-hydrogen) atoms. The van der Waals surface area contributed by atoms with Gasteiger partial charge >= 0.3 is 0 Å². The third-order valence-corrected chi connectivity index (χ3v) is 6.18. The summed E-state index contributed by atoms with van der Waals surface area (Å²) in [7, 11) is 0. The van der Waals surface area contributed by atoms with Gasteiger partial charge in [0, 0.05) is 51.2 Å². The van der Waals surface area contributed by atoms with Crippen LogP contribution in [0.4, 0.5) is 0 Å². The van der Waals surface area contributed by atoms with Gasteiger partial charge in [-0.05, 0) is 57.2 Å². The molecule has 0 saturated carbocycles. The van der Waals surface area contributed by atoms with Gasteiger partial charge in [0.1, 0.15) is 5.75 Å². The van der Waals surface area contributed by atoms with Gasteiger partial charge in [-0.2, -0.15) is 0 Å². The van der Waals surface area contributed by atoms with E-state index < -0.39 is 0 Å². The van der Waals surface area contributed by atoms with E-state index in [0.717, 1.165) is 76.8 Å². The van der Waals surface area contributed by atoms with E-state index in [4.69, 9.17) is 14.5 Å². The van der Waals surface area contributed by atoms with Crippen LogP contribution in [0.2, 0.25) is 0 Å². The SMILES string of the molecule is CCNC(=NCC1(c2ccc(OCC)cc2)CCOCC1)NCCCN1CCCC1=O. The number of guanidine groups is 1. The molecule has 2 aliphatic heterocycles. The minimum Gasteiger partial charge on any atom is -0.494 e. The van der Waals surface area contributed by atoms with Crippen molar-refractivity contribution in [1.82, 2.24) is 15.5 Å². The first-order valence-electron chi connectivity index (χ1n) is 11.8. The Morgan fingerprint density at radius 2 is 1.97 bits per heavy atom. The van der Waals surface area contributed by atoms with Crippen molar-refractivity contribution in [2.75, 3.05) is 52.5 Å². The van der Waals surface area contributed by atoms with Crippen LogP contribution in [0, 0.1) is 0 Å². The molecule has 0 atom stereocenters. The highest BCUT2D eigenvalue weighted by atomic mass is 16.5. The number of likely N-dealkylation sites (tertiary alicyclic amines) is 1. The summed E-state index contributed by atoms with van der Waals surface area (Å²) < 4.78 is 11.3. The summed E-state index contributed by atoms with van der Waals surface area (Å²) in [6.07, 6.45) is 4.54. The minimum absolute atomic E-state index is 0.0205. The number of aliphatic imine (C=N–C) groups is 1. The van der Waals surface area contributed by atoms with Crippen LogP contribution in [0.25, 0.3) is 0 Å². The molecule has 7 nitrogen and oxygen atoms in total. The maximum Gasteiger partial charge on any atom is 0.222 e. The summed E-state index contributed by atoms with van der Waals surface area (Å²) in [6, 6.07) is 8.48. The van der Waals surface area contributed by atoms with Gasteiger partial charge in [0.2, 0.25) is 5.91 Å². The first kappa shape index (κ1) is 23.4. The van der Waals surface area contributed by atoms with Gasteiger partial charge in [0.15, 0.2) is 5.96 Å². The van der Waals surface area contributed by atoms with Crippen molar-refractivity contribution in [3.63, 3.8) is 0 Å². The van der Waals surface area contributed by atoms with Crippen LogP contribution in [0.3, 0.4) is 0 Å². The van der Waals surface area contributed by atoms with Gasteiger partial charge in [-0.15, -0.1) is 0 Å². The molecule has 2 N–H and O–H groups in total. The van der Waals surface area contributed by atoms with E-state index in [1.54, 1.807) is 0 Å². The maximum absolute atomic E-state index is 11.8. The average molecular weight is 431 g/mol. The molecule has 172 valence electrons. The fourth-order valence-electron chi connectivity index (χ4n) is 4.36. The highest BCUT2D eigenvalue weighted by Gasteiger charge is 2.34. The number of nitrogens with zero attached hydrogens (tertiary/aromatic N) is 2. The number of hydrogen-bond acceptors (Lipinski definition) is 4. The highest BCUT2D eigenvalue weighted by molar-refractivity contribution is 5.80. The molecule has 0 unspecified atom stereocenters. The molecule has 0 aromatic heterocycles. The first-order chi connectivity index (χ1) is 15.2. The van der Waals surface area contributed by atoms with Crippen molar-refractivity contribution in [2.45, 2.75) is 51.4 Å². The van der Waals surface area contributed by atoms with Crippen LogP contribution in [0.1, 0.15) is 51.5 Å². The monoisotopic (exact) mass is 430 g/mol. The smallest absolute Gasteiger partial charge is 0.222 e. The van der Waals surface area contributed by atoms with E-state index in [-0.39, 0.29) is 11.3 Å². The van der Waals surface area contributed by atoms with E-state index in [1.807, 2.05) is 11.8 Å². The molecule has 1 aromatic carbocycles. The second kappa shape index (κ2) is 11.9. The van der Waals surface area contributed by atoms with Crippen LogP contribution in [-0.4, -0.2) is 69.3 Å². The van der Waals surface area contributed by atoms with E-state index in [9.17, 15) is 4.79 Å². The zero-order valence-electron chi connectivity index (χ0n) is 19.1. The van der Waals surface area contributed by atoms with Crippen LogP contribution in [0.15, 0.2) is 29.3 Å². The van der Waals surface area contributed by atoms with Crippen LogP contribution in [0.5, 0.6) is 5.75 Å². The van der Waals surface area contributed by atoms with Crippen molar-refractivity contribution in [1.29, 1.82) is 0 Å². The Labute approximate surface area is 186 Å². The Morgan fingerprint density at radius 1 is 1.19 bits per heavy atom. The van der Waals surface area contributed by atoms with Crippen molar-refractivity contribution < 1.29 is 14.3 Å². The lowest BCUT2D eigenvalue weighted by Gasteiger charge is -2.36. The van der Waals surface area contributed by atoms with E-state index in [0.29, 0.717) is 19.6 Å². The normalized spacial score (nSPS) is 18.8. The Balaban J connectivity index is 1.61. The number of amides is 1. The minimum atomic E-state index is -0.0205. The molecule has 2 aliphatic rings. The fraction of sp³-hybridized carbons (Fsp3) is 0.667. The zero-order chi connectivity index (χ0) is 21.9. The van der Waals surface area contributed by atoms with Crippen molar-refractivity contribution >= 4 is 11.9 Å². The van der Waals surface area contributed by atoms with Crippen molar-refractivity contribution in [3.05, 3.63) is 29.8 Å². The predicted molar refractivity (Wildman–Crippen MR) is 124 cm³/mol. The standard InChI is InChI=1S/C24H38N4O3/c1-3-25-23(26-14-6-16-28-15-5-7-22(28)29)27-19-24(12-17-30-18-13-24)20-8-10-21(11-9-20)31-4-2/h8-11H,3-7,12-19H2,1-2H3,(H2,25,26,27). The quantitative estimate of drug-likeness (QED) is 0.339. The Morgan fingerprint density at radius 3 is 2.61 bits per heavy atom.